The highest BCUT2D eigenvalue weighted by Crippen LogP contribution is 2.40. The molecule has 3 rings (SSSR count). The summed E-state index contributed by atoms with van der Waals surface area (Å²) >= 11 is 0. The Labute approximate surface area is 130 Å². The maximum Gasteiger partial charge on any atom is 0.0697 e. The SMILES string of the molecule is CNCCC1CCN(C2CCOC3(CCCCC3)C2)CC1. The highest BCUT2D eigenvalue weighted by atomic mass is 16.5. The van der Waals surface area contributed by atoms with Crippen LogP contribution in [-0.2, 0) is 4.74 Å². The van der Waals surface area contributed by atoms with Gasteiger partial charge in [0.05, 0.1) is 5.60 Å². The quantitative estimate of drug-likeness (QED) is 0.862. The van der Waals surface area contributed by atoms with Crippen LogP contribution >= 0.6 is 0 Å². The summed E-state index contributed by atoms with van der Waals surface area (Å²) < 4.78 is 6.27. The van der Waals surface area contributed by atoms with Crippen molar-refractivity contribution in [2.45, 2.75) is 75.9 Å². The number of ether oxygens (including phenoxy) is 1. The standard InChI is InChI=1S/C18H34N2O/c1-19-11-5-16-6-12-20(13-7-16)17-8-14-21-18(15-17)9-3-2-4-10-18/h16-17,19H,2-15H2,1H3. The summed E-state index contributed by atoms with van der Waals surface area (Å²) in [6, 6.07) is 0.808. The molecule has 1 N–H and O–H groups in total. The lowest BCUT2D eigenvalue weighted by atomic mass is 9.77. The number of hydrogen-bond donors (Lipinski definition) is 1. The number of piperidine rings is 1. The molecule has 3 fully saturated rings. The van der Waals surface area contributed by atoms with Gasteiger partial charge in [0, 0.05) is 12.6 Å². The van der Waals surface area contributed by atoms with Crippen LogP contribution in [0.3, 0.4) is 0 Å². The second kappa shape index (κ2) is 7.43. The Morgan fingerprint density at radius 1 is 1.10 bits per heavy atom. The minimum atomic E-state index is 0.268. The van der Waals surface area contributed by atoms with Gasteiger partial charge in [-0.15, -0.1) is 0 Å². The summed E-state index contributed by atoms with van der Waals surface area (Å²) in [7, 11) is 2.07. The molecule has 0 radical (unpaired) electrons. The predicted octanol–water partition coefficient (Wildman–Crippen LogP) is 3.19. The van der Waals surface area contributed by atoms with Gasteiger partial charge in [-0.05, 0) is 77.5 Å². The van der Waals surface area contributed by atoms with Crippen molar-refractivity contribution in [3.8, 4) is 0 Å². The zero-order valence-corrected chi connectivity index (χ0v) is 13.9. The van der Waals surface area contributed by atoms with Gasteiger partial charge < -0.3 is 15.0 Å². The number of nitrogens with one attached hydrogen (secondary N) is 1. The Balaban J connectivity index is 1.48. The van der Waals surface area contributed by atoms with Crippen LogP contribution in [0.5, 0.6) is 0 Å². The zero-order valence-electron chi connectivity index (χ0n) is 13.9. The van der Waals surface area contributed by atoms with Gasteiger partial charge >= 0.3 is 0 Å². The summed E-state index contributed by atoms with van der Waals surface area (Å²) in [4.78, 5) is 2.80. The van der Waals surface area contributed by atoms with Crippen LogP contribution in [0.15, 0.2) is 0 Å². The normalized spacial score (nSPS) is 31.6. The van der Waals surface area contributed by atoms with Crippen molar-refractivity contribution >= 4 is 0 Å². The molecule has 3 aliphatic rings. The van der Waals surface area contributed by atoms with Gasteiger partial charge in [0.25, 0.3) is 0 Å². The van der Waals surface area contributed by atoms with E-state index in [1.807, 2.05) is 0 Å². The van der Waals surface area contributed by atoms with Gasteiger partial charge in [0.1, 0.15) is 0 Å². The van der Waals surface area contributed by atoms with E-state index in [1.165, 1.54) is 83.8 Å². The summed E-state index contributed by atoms with van der Waals surface area (Å²) in [5, 5.41) is 3.30. The highest BCUT2D eigenvalue weighted by molar-refractivity contribution is 4.93. The Kier molecular flexibility index (Phi) is 5.58. The van der Waals surface area contributed by atoms with Crippen LogP contribution in [0.2, 0.25) is 0 Å². The van der Waals surface area contributed by atoms with Gasteiger partial charge in [0.2, 0.25) is 0 Å². The van der Waals surface area contributed by atoms with Gasteiger partial charge in [-0.25, -0.2) is 0 Å². The fraction of sp³-hybridized carbons (Fsp3) is 1.00. The van der Waals surface area contributed by atoms with E-state index in [2.05, 4.69) is 17.3 Å². The lowest BCUT2D eigenvalue weighted by Crippen LogP contribution is -2.51. The molecule has 0 aromatic heterocycles. The minimum Gasteiger partial charge on any atom is -0.375 e. The molecule has 2 saturated heterocycles. The molecular weight excluding hydrogens is 260 g/mol. The van der Waals surface area contributed by atoms with Crippen molar-refractivity contribution in [1.82, 2.24) is 10.2 Å². The van der Waals surface area contributed by atoms with Gasteiger partial charge in [0.15, 0.2) is 0 Å². The van der Waals surface area contributed by atoms with Crippen LogP contribution in [0.4, 0.5) is 0 Å². The molecule has 0 aromatic carbocycles. The summed E-state index contributed by atoms with van der Waals surface area (Å²) in [6.07, 6.45) is 13.6. The first-order valence-corrected chi connectivity index (χ1v) is 9.34. The maximum atomic E-state index is 6.27. The second-order valence-electron chi connectivity index (χ2n) is 7.61. The van der Waals surface area contributed by atoms with Gasteiger partial charge in [-0.2, -0.15) is 0 Å². The van der Waals surface area contributed by atoms with E-state index in [0.717, 1.165) is 18.6 Å². The summed E-state index contributed by atoms with van der Waals surface area (Å²) in [5.74, 6) is 0.956. The largest absolute Gasteiger partial charge is 0.375 e. The van der Waals surface area contributed by atoms with Crippen molar-refractivity contribution in [2.24, 2.45) is 5.92 Å². The smallest absolute Gasteiger partial charge is 0.0697 e. The molecule has 1 saturated carbocycles. The van der Waals surface area contributed by atoms with Crippen LogP contribution in [0.1, 0.15) is 64.2 Å². The van der Waals surface area contributed by atoms with Crippen LogP contribution in [0.25, 0.3) is 0 Å². The average molecular weight is 294 g/mol. The third-order valence-corrected chi connectivity index (χ3v) is 6.20. The molecule has 3 nitrogen and oxygen atoms in total. The van der Waals surface area contributed by atoms with E-state index in [0.29, 0.717) is 0 Å². The van der Waals surface area contributed by atoms with Gasteiger partial charge in [-0.1, -0.05) is 19.3 Å². The van der Waals surface area contributed by atoms with E-state index in [9.17, 15) is 0 Å². The Morgan fingerprint density at radius 3 is 2.57 bits per heavy atom. The molecule has 21 heavy (non-hydrogen) atoms. The summed E-state index contributed by atoms with van der Waals surface area (Å²) in [5.41, 5.74) is 0.268. The van der Waals surface area contributed by atoms with E-state index in [1.54, 1.807) is 0 Å². The average Bonchev–Trinajstić information content (AvgIpc) is 2.54. The fourth-order valence-corrected chi connectivity index (χ4v) is 4.81. The molecule has 2 heterocycles. The molecule has 122 valence electrons. The van der Waals surface area contributed by atoms with E-state index in [4.69, 9.17) is 4.74 Å². The number of rotatable bonds is 4. The Bertz CT molecular complexity index is 301. The van der Waals surface area contributed by atoms with Crippen LogP contribution in [-0.4, -0.2) is 49.8 Å². The lowest BCUT2D eigenvalue weighted by molar-refractivity contribution is -0.126. The molecule has 0 amide bonds. The van der Waals surface area contributed by atoms with Crippen LogP contribution < -0.4 is 5.32 Å². The van der Waals surface area contributed by atoms with E-state index >= 15 is 0 Å². The lowest BCUT2D eigenvalue weighted by Gasteiger charge is -2.48. The summed E-state index contributed by atoms with van der Waals surface area (Å²) in [6.45, 7) is 4.85. The molecule has 0 aromatic rings. The molecule has 1 aliphatic carbocycles. The predicted molar refractivity (Wildman–Crippen MR) is 87.6 cm³/mol. The second-order valence-corrected chi connectivity index (χ2v) is 7.61. The third kappa shape index (κ3) is 4.00. The molecule has 1 atom stereocenters. The topological polar surface area (TPSA) is 24.5 Å². The van der Waals surface area contributed by atoms with Crippen molar-refractivity contribution in [1.29, 1.82) is 0 Å². The highest BCUT2D eigenvalue weighted by Gasteiger charge is 2.40. The van der Waals surface area contributed by atoms with E-state index in [-0.39, 0.29) is 5.60 Å². The van der Waals surface area contributed by atoms with Crippen molar-refractivity contribution in [3.05, 3.63) is 0 Å². The van der Waals surface area contributed by atoms with Crippen molar-refractivity contribution in [2.75, 3.05) is 33.3 Å². The fourth-order valence-electron chi connectivity index (χ4n) is 4.81. The monoisotopic (exact) mass is 294 g/mol. The van der Waals surface area contributed by atoms with Crippen molar-refractivity contribution < 1.29 is 4.74 Å². The number of hydrogen-bond acceptors (Lipinski definition) is 3. The Hall–Kier alpha value is -0.120. The maximum absolute atomic E-state index is 6.27. The molecule has 1 spiro atoms. The molecule has 1 unspecified atom stereocenters. The first kappa shape index (κ1) is 15.8. The van der Waals surface area contributed by atoms with Gasteiger partial charge in [-0.3, -0.25) is 0 Å². The Morgan fingerprint density at radius 2 is 1.86 bits per heavy atom. The first-order chi connectivity index (χ1) is 10.3. The van der Waals surface area contributed by atoms with Crippen LogP contribution in [0, 0.1) is 5.92 Å². The van der Waals surface area contributed by atoms with Crippen molar-refractivity contribution in [3.63, 3.8) is 0 Å². The molecule has 2 aliphatic heterocycles. The first-order valence-electron chi connectivity index (χ1n) is 9.34. The zero-order chi connectivity index (χ0) is 14.5. The minimum absolute atomic E-state index is 0.268. The number of likely N-dealkylation sites (tertiary alicyclic amines) is 1. The molecule has 3 heteroatoms. The number of nitrogens with zero attached hydrogens (tertiary/aromatic N) is 1. The molecule has 0 bridgehead atoms. The molecular formula is C18H34N2O. The third-order valence-electron chi connectivity index (χ3n) is 6.20. The van der Waals surface area contributed by atoms with E-state index < -0.39 is 0 Å².